The van der Waals surface area contributed by atoms with E-state index in [9.17, 15) is 23.1 Å². The second-order valence-corrected chi connectivity index (χ2v) is 11.3. The molecule has 3 nitrogen and oxygen atoms in total. The first-order valence-corrected chi connectivity index (χ1v) is 13.4. The zero-order valence-electron chi connectivity index (χ0n) is 30.5. The molecule has 3 aromatic carbocycles. The molecule has 0 bridgehead atoms. The van der Waals surface area contributed by atoms with E-state index in [0.717, 1.165) is 31.0 Å². The standard InChI is InChI=1S/C22H15F3N.C13H24O2.Ir/c1-13-9-14(2)11-16(10-13)21-19-6-4-15-3-5-17(22(23,24)25)12-20(15)18(19)7-8-26-21;1-7-12(3,4)10(14)9-11(15)13(5,6)8-2;/h3-10,12H,1-2H3;9,14H,7-8H2,1-6H3;/q-1;;/b;10-9-;/i1D3,2D3;;. The summed E-state index contributed by atoms with van der Waals surface area (Å²) in [6.45, 7) is 6.48. The number of aryl methyl sites for hydroxylation is 2. The predicted molar refractivity (Wildman–Crippen MR) is 162 cm³/mol. The van der Waals surface area contributed by atoms with Crippen molar-refractivity contribution in [2.24, 2.45) is 10.8 Å². The van der Waals surface area contributed by atoms with Crippen molar-refractivity contribution in [3.8, 4) is 11.3 Å². The van der Waals surface area contributed by atoms with Crippen LogP contribution < -0.4 is 0 Å². The summed E-state index contributed by atoms with van der Waals surface area (Å²) >= 11 is 0. The van der Waals surface area contributed by atoms with Crippen molar-refractivity contribution in [1.29, 1.82) is 0 Å². The molecular formula is C35H39F3IrNO2-. The molecule has 0 spiro atoms. The van der Waals surface area contributed by atoms with E-state index in [2.05, 4.69) is 11.1 Å². The minimum absolute atomic E-state index is 0. The normalized spacial score (nSPS) is 15.2. The number of carbonyl (C=O) groups is 1. The van der Waals surface area contributed by atoms with Crippen LogP contribution in [0, 0.1) is 30.6 Å². The smallest absolute Gasteiger partial charge is 0.416 e. The maximum atomic E-state index is 13.2. The quantitative estimate of drug-likeness (QED) is 0.0922. The third-order valence-electron chi connectivity index (χ3n) is 7.61. The van der Waals surface area contributed by atoms with Crippen LogP contribution in [0.1, 0.15) is 79.3 Å². The van der Waals surface area contributed by atoms with Crippen molar-refractivity contribution < 1.29 is 51.4 Å². The molecule has 1 radical (unpaired) electrons. The molecule has 0 fully saturated rings. The van der Waals surface area contributed by atoms with Crippen LogP contribution in [0.15, 0.2) is 66.6 Å². The molecule has 227 valence electrons. The maximum Gasteiger partial charge on any atom is 0.416 e. The summed E-state index contributed by atoms with van der Waals surface area (Å²) in [6.07, 6.45) is -0.130. The van der Waals surface area contributed by atoms with Crippen molar-refractivity contribution in [2.45, 2.75) is 74.3 Å². The number of aliphatic hydroxyl groups is 1. The molecular weight excluding hydrogens is 716 g/mol. The molecule has 0 aliphatic carbocycles. The number of allylic oxidation sites excluding steroid dienone is 2. The number of halogens is 3. The number of ketones is 1. The van der Waals surface area contributed by atoms with Crippen LogP contribution in [0.2, 0.25) is 0 Å². The average Bonchev–Trinajstić information content (AvgIpc) is 2.99. The van der Waals surface area contributed by atoms with Gasteiger partial charge in [0.05, 0.1) is 5.56 Å². The molecule has 0 aliphatic heterocycles. The fraction of sp³-hybridized carbons (Fsp3) is 0.371. The van der Waals surface area contributed by atoms with Gasteiger partial charge in [-0.2, -0.15) is 13.2 Å². The number of aliphatic hydroxyl groups excluding tert-OH is 1. The van der Waals surface area contributed by atoms with Crippen LogP contribution in [0.25, 0.3) is 32.8 Å². The Morgan fingerprint density at radius 2 is 1.60 bits per heavy atom. The number of pyridine rings is 1. The minimum Gasteiger partial charge on any atom is -0.512 e. The van der Waals surface area contributed by atoms with Crippen molar-refractivity contribution in [3.05, 3.63) is 89.3 Å². The van der Waals surface area contributed by atoms with E-state index in [-0.39, 0.29) is 64.9 Å². The zero-order valence-corrected chi connectivity index (χ0v) is 26.9. The van der Waals surface area contributed by atoms with E-state index < -0.39 is 25.4 Å². The van der Waals surface area contributed by atoms with E-state index in [1.54, 1.807) is 18.2 Å². The van der Waals surface area contributed by atoms with Gasteiger partial charge in [-0.1, -0.05) is 73.4 Å². The van der Waals surface area contributed by atoms with Gasteiger partial charge in [-0.25, -0.2) is 0 Å². The number of aromatic nitrogens is 1. The monoisotopic (exact) mass is 761 g/mol. The molecule has 0 aliphatic rings. The summed E-state index contributed by atoms with van der Waals surface area (Å²) < 4.78 is 85.9. The van der Waals surface area contributed by atoms with Crippen molar-refractivity contribution in [3.63, 3.8) is 0 Å². The SMILES string of the molecule is CCC(C)(C)C(=O)/C=C(\O)C(C)(C)CC.[2H]C([2H])([2H])c1[c-]c(-c2nccc3c2ccc2ccc(C(F)(F)F)cc23)cc(C([2H])([2H])[2H])c1.[Ir]. The second kappa shape index (κ2) is 13.5. The van der Waals surface area contributed by atoms with Crippen molar-refractivity contribution in [2.75, 3.05) is 0 Å². The number of rotatable bonds is 6. The first kappa shape index (κ1) is 26.6. The van der Waals surface area contributed by atoms with Gasteiger partial charge in [0.15, 0.2) is 5.78 Å². The number of benzene rings is 3. The third kappa shape index (κ3) is 8.08. The van der Waals surface area contributed by atoms with E-state index in [4.69, 9.17) is 8.22 Å². The van der Waals surface area contributed by atoms with Crippen LogP contribution in [-0.2, 0) is 31.1 Å². The molecule has 0 saturated carbocycles. The van der Waals surface area contributed by atoms with Gasteiger partial charge in [0.2, 0.25) is 0 Å². The third-order valence-corrected chi connectivity index (χ3v) is 7.61. The summed E-state index contributed by atoms with van der Waals surface area (Å²) in [5, 5.41) is 11.7. The topological polar surface area (TPSA) is 50.2 Å². The number of carbonyl (C=O) groups excluding carboxylic acids is 1. The van der Waals surface area contributed by atoms with Gasteiger partial charge in [-0.05, 0) is 58.3 Å². The zero-order chi connectivity index (χ0) is 35.8. The van der Waals surface area contributed by atoms with Crippen molar-refractivity contribution in [1.82, 2.24) is 4.98 Å². The number of nitrogens with zero attached hydrogens (tertiary/aromatic N) is 1. The first-order valence-electron chi connectivity index (χ1n) is 16.4. The van der Waals surface area contributed by atoms with E-state index in [1.165, 1.54) is 24.4 Å². The molecule has 7 heteroatoms. The Morgan fingerprint density at radius 3 is 2.19 bits per heavy atom. The summed E-state index contributed by atoms with van der Waals surface area (Å²) in [6, 6.07) is 13.4. The van der Waals surface area contributed by atoms with Crippen LogP contribution in [0.3, 0.4) is 0 Å². The average molecular weight is 761 g/mol. The largest absolute Gasteiger partial charge is 0.512 e. The minimum atomic E-state index is -4.51. The summed E-state index contributed by atoms with van der Waals surface area (Å²) in [7, 11) is 0. The van der Waals surface area contributed by atoms with E-state index in [0.29, 0.717) is 21.5 Å². The fourth-order valence-electron chi connectivity index (χ4n) is 3.94. The number of fused-ring (bicyclic) bond motifs is 3. The van der Waals surface area contributed by atoms with Crippen LogP contribution in [0.4, 0.5) is 13.2 Å². The molecule has 0 amide bonds. The molecule has 1 aromatic heterocycles. The van der Waals surface area contributed by atoms with Gasteiger partial charge in [-0.15, -0.1) is 34.9 Å². The molecule has 4 rings (SSSR count). The van der Waals surface area contributed by atoms with Gasteiger partial charge < -0.3 is 10.1 Å². The molecule has 0 unspecified atom stereocenters. The summed E-state index contributed by atoms with van der Waals surface area (Å²) in [5.41, 5.74) is -1.56. The van der Waals surface area contributed by atoms with Gasteiger partial charge in [-0.3, -0.25) is 4.79 Å². The van der Waals surface area contributed by atoms with Crippen molar-refractivity contribution >= 4 is 27.3 Å². The molecule has 1 heterocycles. The van der Waals surface area contributed by atoms with Gasteiger partial charge in [0.1, 0.15) is 5.76 Å². The Balaban J connectivity index is 0.000000427. The number of hydrogen-bond donors (Lipinski definition) is 1. The predicted octanol–water partition coefficient (Wildman–Crippen LogP) is 10.4. The fourth-order valence-corrected chi connectivity index (χ4v) is 3.94. The van der Waals surface area contributed by atoms with E-state index >= 15 is 0 Å². The summed E-state index contributed by atoms with van der Waals surface area (Å²) in [4.78, 5) is 16.1. The Morgan fingerprint density at radius 1 is 0.929 bits per heavy atom. The Labute approximate surface area is 269 Å². The van der Waals surface area contributed by atoms with Gasteiger partial charge in [0.25, 0.3) is 0 Å². The van der Waals surface area contributed by atoms with Gasteiger partial charge >= 0.3 is 6.18 Å². The molecule has 1 N–H and O–H groups in total. The second-order valence-electron chi connectivity index (χ2n) is 11.3. The molecule has 4 aromatic rings. The van der Waals surface area contributed by atoms with E-state index in [1.807, 2.05) is 41.5 Å². The number of alkyl halides is 3. The van der Waals surface area contributed by atoms with Crippen LogP contribution in [-0.4, -0.2) is 15.9 Å². The molecule has 0 atom stereocenters. The van der Waals surface area contributed by atoms with Crippen LogP contribution in [0.5, 0.6) is 0 Å². The first-order chi connectivity index (χ1) is 21.4. The Bertz CT molecular complexity index is 1780. The molecule has 0 saturated heterocycles. The maximum absolute atomic E-state index is 13.2. The Kier molecular flexibility index (Phi) is 8.56. The number of hydrogen-bond acceptors (Lipinski definition) is 3. The van der Waals surface area contributed by atoms with Gasteiger partial charge in [0, 0.05) is 51.4 Å². The van der Waals surface area contributed by atoms with Crippen LogP contribution >= 0.6 is 0 Å². The molecule has 42 heavy (non-hydrogen) atoms. The summed E-state index contributed by atoms with van der Waals surface area (Å²) in [5.74, 6) is 0.195. The Hall–Kier alpha value is -3.02.